The molecule has 1 amide bonds. The first-order valence-corrected chi connectivity index (χ1v) is 8.49. The molecular weight excluding hydrogens is 250 g/mol. The van der Waals surface area contributed by atoms with E-state index in [-0.39, 0.29) is 6.04 Å². The molecule has 3 heterocycles. The van der Waals surface area contributed by atoms with Gasteiger partial charge in [0, 0.05) is 19.6 Å². The van der Waals surface area contributed by atoms with Crippen LogP contribution in [0.3, 0.4) is 0 Å². The van der Waals surface area contributed by atoms with Crippen LogP contribution >= 0.6 is 0 Å². The van der Waals surface area contributed by atoms with Crippen LogP contribution in [0.5, 0.6) is 0 Å². The number of hydrogen-bond donors (Lipinski definition) is 1. The molecule has 3 saturated heterocycles. The van der Waals surface area contributed by atoms with E-state index in [1.165, 1.54) is 38.6 Å². The molecule has 3 atom stereocenters. The van der Waals surface area contributed by atoms with Crippen LogP contribution in [0.1, 0.15) is 39.0 Å². The monoisotopic (exact) mass is 279 g/mol. The number of nitrogens with zero attached hydrogens (tertiary/aromatic N) is 2. The highest BCUT2D eigenvalue weighted by Crippen LogP contribution is 2.28. The van der Waals surface area contributed by atoms with Crippen molar-refractivity contribution in [2.75, 3.05) is 39.3 Å². The first-order chi connectivity index (χ1) is 9.75. The van der Waals surface area contributed by atoms with Gasteiger partial charge in [0.25, 0.3) is 0 Å². The molecule has 3 unspecified atom stereocenters. The number of hydrogen-bond acceptors (Lipinski definition) is 3. The summed E-state index contributed by atoms with van der Waals surface area (Å²) < 4.78 is 0. The first kappa shape index (κ1) is 14.3. The minimum absolute atomic E-state index is 0.0784. The quantitative estimate of drug-likeness (QED) is 0.828. The van der Waals surface area contributed by atoms with Crippen LogP contribution in [-0.2, 0) is 4.79 Å². The Kier molecular flexibility index (Phi) is 4.61. The molecule has 114 valence electrons. The number of fused-ring (bicyclic) bond motifs is 1. The van der Waals surface area contributed by atoms with Gasteiger partial charge in [-0.25, -0.2) is 0 Å². The Hall–Kier alpha value is -0.610. The summed E-state index contributed by atoms with van der Waals surface area (Å²) in [5.74, 6) is 1.99. The Morgan fingerprint density at radius 1 is 1.05 bits per heavy atom. The van der Waals surface area contributed by atoms with Crippen LogP contribution in [0.2, 0.25) is 0 Å². The van der Waals surface area contributed by atoms with E-state index in [1.54, 1.807) is 0 Å². The molecule has 0 bridgehead atoms. The number of carbonyl (C=O) groups excluding carboxylic acids is 1. The standard InChI is InChI=1S/C16H29N3O/c1-13(16(20)18-7-4-2-3-5-8-18)19-9-6-14-10-17-11-15(14)12-19/h13-15,17H,2-12H2,1H3. The molecule has 0 aromatic rings. The molecule has 3 aliphatic rings. The topological polar surface area (TPSA) is 35.6 Å². The molecule has 20 heavy (non-hydrogen) atoms. The van der Waals surface area contributed by atoms with E-state index in [0.717, 1.165) is 44.6 Å². The van der Waals surface area contributed by atoms with Crippen molar-refractivity contribution >= 4 is 5.91 Å². The van der Waals surface area contributed by atoms with Gasteiger partial charge in [-0.3, -0.25) is 9.69 Å². The molecule has 0 aliphatic carbocycles. The summed E-state index contributed by atoms with van der Waals surface area (Å²) >= 11 is 0. The second-order valence-corrected chi connectivity index (χ2v) is 6.88. The fourth-order valence-electron chi connectivity index (χ4n) is 4.13. The van der Waals surface area contributed by atoms with Crippen LogP contribution in [-0.4, -0.2) is 61.0 Å². The predicted molar refractivity (Wildman–Crippen MR) is 80.5 cm³/mol. The van der Waals surface area contributed by atoms with E-state index in [4.69, 9.17) is 0 Å². The maximum atomic E-state index is 12.7. The number of nitrogens with one attached hydrogen (secondary N) is 1. The van der Waals surface area contributed by atoms with E-state index >= 15 is 0 Å². The number of piperidine rings is 1. The number of rotatable bonds is 2. The number of amides is 1. The van der Waals surface area contributed by atoms with Crippen molar-refractivity contribution in [3.05, 3.63) is 0 Å². The van der Waals surface area contributed by atoms with Gasteiger partial charge in [-0.1, -0.05) is 12.8 Å². The van der Waals surface area contributed by atoms with Crippen molar-refractivity contribution in [3.8, 4) is 0 Å². The molecule has 4 heteroatoms. The molecule has 1 N–H and O–H groups in total. The molecule has 3 aliphatic heterocycles. The molecule has 4 nitrogen and oxygen atoms in total. The van der Waals surface area contributed by atoms with Crippen LogP contribution in [0.4, 0.5) is 0 Å². The van der Waals surface area contributed by atoms with E-state index in [1.807, 2.05) is 0 Å². The van der Waals surface area contributed by atoms with E-state index < -0.39 is 0 Å². The Morgan fingerprint density at radius 2 is 1.75 bits per heavy atom. The Labute approximate surface area is 122 Å². The maximum Gasteiger partial charge on any atom is 0.239 e. The molecule has 3 fully saturated rings. The summed E-state index contributed by atoms with van der Waals surface area (Å²) in [6, 6.07) is 0.0784. The lowest BCUT2D eigenvalue weighted by Gasteiger charge is -2.39. The van der Waals surface area contributed by atoms with Gasteiger partial charge in [0.05, 0.1) is 6.04 Å². The molecule has 0 saturated carbocycles. The fourth-order valence-corrected chi connectivity index (χ4v) is 4.13. The second-order valence-electron chi connectivity index (χ2n) is 6.88. The Balaban J connectivity index is 1.57. The van der Waals surface area contributed by atoms with Gasteiger partial charge >= 0.3 is 0 Å². The van der Waals surface area contributed by atoms with E-state index in [2.05, 4.69) is 22.0 Å². The summed E-state index contributed by atoms with van der Waals surface area (Å²) in [7, 11) is 0. The summed E-state index contributed by atoms with van der Waals surface area (Å²) in [5.41, 5.74) is 0. The molecule has 0 aromatic carbocycles. The van der Waals surface area contributed by atoms with Gasteiger partial charge in [-0.15, -0.1) is 0 Å². The zero-order chi connectivity index (χ0) is 13.9. The average Bonchev–Trinajstić information content (AvgIpc) is 2.77. The highest BCUT2D eigenvalue weighted by atomic mass is 16.2. The minimum atomic E-state index is 0.0784. The van der Waals surface area contributed by atoms with Crippen LogP contribution < -0.4 is 5.32 Å². The third-order valence-corrected chi connectivity index (χ3v) is 5.56. The zero-order valence-corrected chi connectivity index (χ0v) is 12.8. The lowest BCUT2D eigenvalue weighted by atomic mass is 9.88. The van der Waals surface area contributed by atoms with Gasteiger partial charge in [0.2, 0.25) is 5.91 Å². The normalized spacial score (nSPS) is 33.5. The number of carbonyl (C=O) groups is 1. The predicted octanol–water partition coefficient (Wildman–Crippen LogP) is 1.32. The highest BCUT2D eigenvalue weighted by molar-refractivity contribution is 5.81. The molecule has 0 spiro atoms. The van der Waals surface area contributed by atoms with Gasteiger partial charge < -0.3 is 10.2 Å². The van der Waals surface area contributed by atoms with Gasteiger partial charge in [-0.2, -0.15) is 0 Å². The lowest BCUT2D eigenvalue weighted by Crippen LogP contribution is -2.52. The minimum Gasteiger partial charge on any atom is -0.341 e. The van der Waals surface area contributed by atoms with Crippen molar-refractivity contribution in [2.45, 2.75) is 45.1 Å². The highest BCUT2D eigenvalue weighted by Gasteiger charge is 2.36. The largest absolute Gasteiger partial charge is 0.341 e. The maximum absolute atomic E-state index is 12.7. The van der Waals surface area contributed by atoms with Crippen molar-refractivity contribution < 1.29 is 4.79 Å². The molecular formula is C16H29N3O. The second kappa shape index (κ2) is 6.44. The Morgan fingerprint density at radius 3 is 2.50 bits per heavy atom. The summed E-state index contributed by atoms with van der Waals surface area (Å²) in [6.07, 6.45) is 6.21. The van der Waals surface area contributed by atoms with Crippen molar-refractivity contribution in [2.24, 2.45) is 11.8 Å². The van der Waals surface area contributed by atoms with Crippen LogP contribution in [0.15, 0.2) is 0 Å². The van der Waals surface area contributed by atoms with Crippen molar-refractivity contribution in [1.82, 2.24) is 15.1 Å². The third-order valence-electron chi connectivity index (χ3n) is 5.56. The molecule has 3 rings (SSSR count). The summed E-state index contributed by atoms with van der Waals surface area (Å²) in [6.45, 7) is 8.62. The first-order valence-electron chi connectivity index (χ1n) is 8.49. The Bertz CT molecular complexity index is 339. The SMILES string of the molecule is CC(C(=O)N1CCCCCC1)N1CCC2CNCC2C1. The van der Waals surface area contributed by atoms with Gasteiger partial charge in [0.15, 0.2) is 0 Å². The van der Waals surface area contributed by atoms with Gasteiger partial charge in [0.1, 0.15) is 0 Å². The third kappa shape index (κ3) is 3.01. The lowest BCUT2D eigenvalue weighted by molar-refractivity contribution is -0.137. The van der Waals surface area contributed by atoms with E-state index in [0.29, 0.717) is 5.91 Å². The van der Waals surface area contributed by atoms with Crippen molar-refractivity contribution in [1.29, 1.82) is 0 Å². The fraction of sp³-hybridized carbons (Fsp3) is 0.938. The number of likely N-dealkylation sites (tertiary alicyclic amines) is 2. The van der Waals surface area contributed by atoms with Gasteiger partial charge in [-0.05, 0) is 57.7 Å². The zero-order valence-electron chi connectivity index (χ0n) is 12.8. The van der Waals surface area contributed by atoms with E-state index in [9.17, 15) is 4.79 Å². The summed E-state index contributed by atoms with van der Waals surface area (Å²) in [4.78, 5) is 17.3. The van der Waals surface area contributed by atoms with Crippen LogP contribution in [0.25, 0.3) is 0 Å². The summed E-state index contributed by atoms with van der Waals surface area (Å²) in [5, 5.41) is 3.50. The van der Waals surface area contributed by atoms with Crippen molar-refractivity contribution in [3.63, 3.8) is 0 Å². The molecule has 0 radical (unpaired) electrons. The average molecular weight is 279 g/mol. The van der Waals surface area contributed by atoms with Crippen LogP contribution in [0, 0.1) is 11.8 Å². The molecule has 0 aromatic heterocycles. The smallest absolute Gasteiger partial charge is 0.239 e.